The van der Waals surface area contributed by atoms with Gasteiger partial charge in [0.1, 0.15) is 0 Å². The number of amides is 1. The van der Waals surface area contributed by atoms with Crippen molar-refractivity contribution in [3.63, 3.8) is 0 Å². The Hall–Kier alpha value is -1.22. The molecule has 18 heavy (non-hydrogen) atoms. The molecule has 0 aromatic heterocycles. The molecular weight excluding hydrogens is 248 g/mol. The van der Waals surface area contributed by atoms with Gasteiger partial charge in [0.2, 0.25) is 0 Å². The molecule has 3 N–H and O–H groups in total. The van der Waals surface area contributed by atoms with Gasteiger partial charge in [0.15, 0.2) is 0 Å². The molecule has 1 aromatic carbocycles. The summed E-state index contributed by atoms with van der Waals surface area (Å²) in [6, 6.07) is 7.39. The highest BCUT2D eigenvalue weighted by Crippen LogP contribution is 2.37. The van der Waals surface area contributed by atoms with Crippen LogP contribution in [-0.4, -0.2) is 11.9 Å². The minimum atomic E-state index is -0.0164. The molecule has 0 radical (unpaired) electrons. The Morgan fingerprint density at radius 3 is 2.72 bits per heavy atom. The first-order chi connectivity index (χ1) is 7.99. The third kappa shape index (κ3) is 3.16. The number of carbonyl (C=O) groups excluding carboxylic acids is 1. The van der Waals surface area contributed by atoms with Crippen molar-refractivity contribution in [2.24, 2.45) is 5.41 Å². The number of anilines is 1. The second kappa shape index (κ2) is 5.61. The summed E-state index contributed by atoms with van der Waals surface area (Å²) >= 11 is 0. The van der Waals surface area contributed by atoms with Gasteiger partial charge in [0.25, 0.3) is 5.91 Å². The van der Waals surface area contributed by atoms with Crippen LogP contribution in [-0.2, 0) is 0 Å². The molecule has 1 aromatic rings. The van der Waals surface area contributed by atoms with Crippen molar-refractivity contribution in [3.8, 4) is 0 Å². The minimum Gasteiger partial charge on any atom is -0.399 e. The third-order valence-corrected chi connectivity index (χ3v) is 3.71. The second-order valence-corrected chi connectivity index (χ2v) is 5.53. The number of nitrogens with two attached hydrogens (primary N) is 1. The van der Waals surface area contributed by atoms with Gasteiger partial charge in [0.05, 0.1) is 0 Å². The Labute approximate surface area is 115 Å². The largest absolute Gasteiger partial charge is 0.399 e. The quantitative estimate of drug-likeness (QED) is 0.810. The number of nitrogens with one attached hydrogen (secondary N) is 1. The van der Waals surface area contributed by atoms with Crippen molar-refractivity contribution < 1.29 is 4.79 Å². The van der Waals surface area contributed by atoms with Gasteiger partial charge in [-0.2, -0.15) is 0 Å². The van der Waals surface area contributed by atoms with E-state index in [1.807, 2.05) is 6.07 Å². The highest BCUT2D eigenvalue weighted by atomic mass is 35.5. The summed E-state index contributed by atoms with van der Waals surface area (Å²) in [4.78, 5) is 12.1. The van der Waals surface area contributed by atoms with E-state index < -0.39 is 0 Å². The summed E-state index contributed by atoms with van der Waals surface area (Å²) in [6.45, 7) is 4.43. The van der Waals surface area contributed by atoms with Crippen LogP contribution in [0.1, 0.15) is 43.5 Å². The number of benzene rings is 1. The summed E-state index contributed by atoms with van der Waals surface area (Å²) in [7, 11) is 0. The van der Waals surface area contributed by atoms with Gasteiger partial charge in [-0.3, -0.25) is 4.79 Å². The topological polar surface area (TPSA) is 55.1 Å². The molecule has 0 spiro atoms. The second-order valence-electron chi connectivity index (χ2n) is 5.53. The Balaban J connectivity index is 0.00000162. The van der Waals surface area contributed by atoms with Gasteiger partial charge in [-0.1, -0.05) is 26.3 Å². The molecule has 1 unspecified atom stereocenters. The maximum Gasteiger partial charge on any atom is 0.251 e. The van der Waals surface area contributed by atoms with E-state index in [9.17, 15) is 4.79 Å². The van der Waals surface area contributed by atoms with Crippen LogP contribution in [0.3, 0.4) is 0 Å². The molecule has 0 aliphatic heterocycles. The smallest absolute Gasteiger partial charge is 0.251 e. The lowest BCUT2D eigenvalue weighted by Crippen LogP contribution is -2.41. The van der Waals surface area contributed by atoms with Gasteiger partial charge in [0, 0.05) is 17.3 Å². The van der Waals surface area contributed by atoms with E-state index in [1.165, 1.54) is 12.8 Å². The maximum atomic E-state index is 12.1. The van der Waals surface area contributed by atoms with Crippen LogP contribution in [0.5, 0.6) is 0 Å². The van der Waals surface area contributed by atoms with Crippen LogP contribution in [0.2, 0.25) is 0 Å². The Morgan fingerprint density at radius 2 is 2.17 bits per heavy atom. The number of rotatable bonds is 2. The molecule has 1 fully saturated rings. The lowest BCUT2D eigenvalue weighted by molar-refractivity contribution is 0.0910. The van der Waals surface area contributed by atoms with Gasteiger partial charge < -0.3 is 11.1 Å². The standard InChI is InChI=1S/C14H20N2O.ClH/c1-14(2)8-4-7-12(14)16-13(17)10-5-3-6-11(15)9-10;/h3,5-6,9,12H,4,7-8,15H2,1-2H3,(H,16,17);1H. The first-order valence-corrected chi connectivity index (χ1v) is 6.15. The van der Waals surface area contributed by atoms with Gasteiger partial charge in [-0.25, -0.2) is 0 Å². The Morgan fingerprint density at radius 1 is 1.44 bits per heavy atom. The molecule has 100 valence electrons. The lowest BCUT2D eigenvalue weighted by atomic mass is 9.87. The van der Waals surface area contributed by atoms with E-state index in [-0.39, 0.29) is 29.8 Å². The zero-order chi connectivity index (χ0) is 12.5. The zero-order valence-electron chi connectivity index (χ0n) is 10.9. The van der Waals surface area contributed by atoms with Crippen molar-refractivity contribution in [3.05, 3.63) is 29.8 Å². The third-order valence-electron chi connectivity index (χ3n) is 3.71. The maximum absolute atomic E-state index is 12.1. The van der Waals surface area contributed by atoms with E-state index in [4.69, 9.17) is 5.73 Å². The van der Waals surface area contributed by atoms with Gasteiger partial charge in [-0.05, 0) is 36.5 Å². The van der Waals surface area contributed by atoms with E-state index in [0.29, 0.717) is 11.3 Å². The van der Waals surface area contributed by atoms with E-state index in [2.05, 4.69) is 19.2 Å². The molecule has 3 nitrogen and oxygen atoms in total. The van der Waals surface area contributed by atoms with Crippen molar-refractivity contribution in [2.45, 2.75) is 39.2 Å². The highest BCUT2D eigenvalue weighted by molar-refractivity contribution is 5.95. The molecule has 2 rings (SSSR count). The molecular formula is C14H21ClN2O. The van der Waals surface area contributed by atoms with Crippen LogP contribution in [0.25, 0.3) is 0 Å². The Bertz CT molecular complexity index is 432. The van der Waals surface area contributed by atoms with E-state index in [0.717, 1.165) is 6.42 Å². The fourth-order valence-corrected chi connectivity index (χ4v) is 2.52. The number of carbonyl (C=O) groups is 1. The predicted molar refractivity (Wildman–Crippen MR) is 77.0 cm³/mol. The SMILES string of the molecule is CC1(C)CCCC1NC(=O)c1cccc(N)c1.Cl. The van der Waals surface area contributed by atoms with Crippen LogP contribution in [0.4, 0.5) is 5.69 Å². The average molecular weight is 269 g/mol. The molecule has 0 heterocycles. The number of halogens is 1. The molecule has 1 amide bonds. The van der Waals surface area contributed by atoms with Gasteiger partial charge in [-0.15, -0.1) is 12.4 Å². The number of hydrogen-bond acceptors (Lipinski definition) is 2. The van der Waals surface area contributed by atoms with Crippen molar-refractivity contribution >= 4 is 24.0 Å². The minimum absolute atomic E-state index is 0. The molecule has 0 saturated heterocycles. The zero-order valence-corrected chi connectivity index (χ0v) is 11.7. The fraction of sp³-hybridized carbons (Fsp3) is 0.500. The lowest BCUT2D eigenvalue weighted by Gasteiger charge is -2.27. The van der Waals surface area contributed by atoms with Crippen molar-refractivity contribution in [2.75, 3.05) is 5.73 Å². The summed E-state index contributed by atoms with van der Waals surface area (Å²) in [5.74, 6) is -0.0164. The first kappa shape index (κ1) is 14.8. The molecule has 1 aliphatic rings. The molecule has 1 aliphatic carbocycles. The first-order valence-electron chi connectivity index (χ1n) is 6.15. The molecule has 4 heteroatoms. The fourth-order valence-electron chi connectivity index (χ4n) is 2.52. The molecule has 1 saturated carbocycles. The van der Waals surface area contributed by atoms with Crippen molar-refractivity contribution in [1.82, 2.24) is 5.32 Å². The summed E-state index contributed by atoms with van der Waals surface area (Å²) in [5.41, 5.74) is 7.16. The van der Waals surface area contributed by atoms with Gasteiger partial charge >= 0.3 is 0 Å². The van der Waals surface area contributed by atoms with Crippen LogP contribution >= 0.6 is 12.4 Å². The Kier molecular flexibility index (Phi) is 4.63. The van der Waals surface area contributed by atoms with Crippen LogP contribution < -0.4 is 11.1 Å². The highest BCUT2D eigenvalue weighted by Gasteiger charge is 2.35. The number of nitrogen functional groups attached to an aromatic ring is 1. The predicted octanol–water partition coefficient (Wildman–Crippen LogP) is 3.00. The molecule has 1 atom stereocenters. The normalized spacial score (nSPS) is 21.1. The summed E-state index contributed by atoms with van der Waals surface area (Å²) in [6.07, 6.45) is 3.44. The van der Waals surface area contributed by atoms with Crippen LogP contribution in [0, 0.1) is 5.41 Å². The number of hydrogen-bond donors (Lipinski definition) is 2. The van der Waals surface area contributed by atoms with E-state index >= 15 is 0 Å². The molecule has 0 bridgehead atoms. The average Bonchev–Trinajstić information content (AvgIpc) is 2.58. The van der Waals surface area contributed by atoms with Crippen molar-refractivity contribution in [1.29, 1.82) is 0 Å². The van der Waals surface area contributed by atoms with E-state index in [1.54, 1.807) is 18.2 Å². The monoisotopic (exact) mass is 268 g/mol. The van der Waals surface area contributed by atoms with Crippen LogP contribution in [0.15, 0.2) is 24.3 Å². The summed E-state index contributed by atoms with van der Waals surface area (Å²) < 4.78 is 0. The summed E-state index contributed by atoms with van der Waals surface area (Å²) in [5, 5.41) is 3.12.